The van der Waals surface area contributed by atoms with Crippen molar-refractivity contribution in [3.63, 3.8) is 0 Å². The normalized spacial score (nSPS) is 10.5. The van der Waals surface area contributed by atoms with Gasteiger partial charge in [0, 0.05) is 22.3 Å². The van der Waals surface area contributed by atoms with Crippen molar-refractivity contribution in [2.45, 2.75) is 13.3 Å². The molecule has 3 aromatic rings. The Labute approximate surface area is 135 Å². The third-order valence-corrected chi connectivity index (χ3v) is 3.79. The summed E-state index contributed by atoms with van der Waals surface area (Å²) in [6, 6.07) is 17.8. The number of para-hydroxylation sites is 2. The molecule has 0 unspecified atom stereocenters. The van der Waals surface area contributed by atoms with Crippen molar-refractivity contribution in [1.29, 1.82) is 0 Å². The van der Waals surface area contributed by atoms with Gasteiger partial charge in [-0.3, -0.25) is 9.78 Å². The fourth-order valence-electron chi connectivity index (χ4n) is 2.62. The molecule has 1 aromatic heterocycles. The number of aromatic nitrogens is 1. The summed E-state index contributed by atoms with van der Waals surface area (Å²) in [5, 5.41) is 4.42. The second kappa shape index (κ2) is 6.48. The number of carbonyl (C=O) groups is 1. The van der Waals surface area contributed by atoms with Gasteiger partial charge in [0.05, 0.1) is 24.7 Å². The standard InChI is InChI=1S/C19H18N2O2/c1-13-16(12-18(22)23-2)19(21-14-8-4-3-5-9-14)15-10-6-7-11-17(15)20-13/h3-11H,12H2,1-2H3,(H,20,21). The molecule has 0 bridgehead atoms. The monoisotopic (exact) mass is 306 g/mol. The van der Waals surface area contributed by atoms with Crippen LogP contribution in [0.4, 0.5) is 11.4 Å². The van der Waals surface area contributed by atoms with Crippen LogP contribution < -0.4 is 5.32 Å². The van der Waals surface area contributed by atoms with Gasteiger partial charge in [-0.15, -0.1) is 0 Å². The Morgan fingerprint density at radius 1 is 1.09 bits per heavy atom. The van der Waals surface area contributed by atoms with Gasteiger partial charge in [0.2, 0.25) is 0 Å². The van der Waals surface area contributed by atoms with Crippen LogP contribution in [0.25, 0.3) is 10.9 Å². The molecule has 4 heteroatoms. The van der Waals surface area contributed by atoms with Crippen LogP contribution in [0.2, 0.25) is 0 Å². The summed E-state index contributed by atoms with van der Waals surface area (Å²) in [6.07, 6.45) is 0.190. The molecule has 3 rings (SSSR count). The molecule has 1 heterocycles. The van der Waals surface area contributed by atoms with Gasteiger partial charge in [-0.2, -0.15) is 0 Å². The average molecular weight is 306 g/mol. The van der Waals surface area contributed by atoms with E-state index in [0.29, 0.717) is 0 Å². The number of carbonyl (C=O) groups excluding carboxylic acids is 1. The SMILES string of the molecule is COC(=O)Cc1c(C)nc2ccccc2c1Nc1ccccc1. The number of hydrogen-bond acceptors (Lipinski definition) is 4. The number of benzene rings is 2. The predicted octanol–water partition coefficient (Wildman–Crippen LogP) is 4.00. The first-order valence-corrected chi connectivity index (χ1v) is 7.46. The summed E-state index contributed by atoms with van der Waals surface area (Å²) in [5.41, 5.74) is 4.46. The van der Waals surface area contributed by atoms with Crippen molar-refractivity contribution < 1.29 is 9.53 Å². The summed E-state index contributed by atoms with van der Waals surface area (Å²) in [4.78, 5) is 16.4. The number of methoxy groups -OCH3 is 1. The number of hydrogen-bond donors (Lipinski definition) is 1. The Kier molecular flexibility index (Phi) is 4.24. The van der Waals surface area contributed by atoms with E-state index in [9.17, 15) is 4.79 Å². The maximum atomic E-state index is 11.8. The molecule has 0 saturated heterocycles. The quantitative estimate of drug-likeness (QED) is 0.740. The molecule has 0 atom stereocenters. The minimum Gasteiger partial charge on any atom is -0.469 e. The Balaban J connectivity index is 2.17. The molecule has 0 aliphatic heterocycles. The molecule has 0 amide bonds. The molecule has 4 nitrogen and oxygen atoms in total. The molecule has 0 aliphatic carbocycles. The Hall–Kier alpha value is -2.88. The van der Waals surface area contributed by atoms with Crippen LogP contribution in [0.1, 0.15) is 11.3 Å². The van der Waals surface area contributed by atoms with E-state index in [-0.39, 0.29) is 12.4 Å². The molecule has 116 valence electrons. The Morgan fingerprint density at radius 2 is 1.78 bits per heavy atom. The molecule has 0 spiro atoms. The van der Waals surface area contributed by atoms with Gasteiger partial charge >= 0.3 is 5.97 Å². The molecular weight excluding hydrogens is 288 g/mol. The number of nitrogens with one attached hydrogen (secondary N) is 1. The number of rotatable bonds is 4. The van der Waals surface area contributed by atoms with E-state index in [4.69, 9.17) is 4.74 Å². The number of ether oxygens (including phenoxy) is 1. The van der Waals surface area contributed by atoms with Crippen LogP contribution in [0.15, 0.2) is 54.6 Å². The van der Waals surface area contributed by atoms with E-state index < -0.39 is 0 Å². The zero-order chi connectivity index (χ0) is 16.2. The van der Waals surface area contributed by atoms with Gasteiger partial charge in [-0.05, 0) is 25.1 Å². The second-order valence-corrected chi connectivity index (χ2v) is 5.31. The maximum Gasteiger partial charge on any atom is 0.310 e. The van der Waals surface area contributed by atoms with Crippen LogP contribution in [0.3, 0.4) is 0 Å². The highest BCUT2D eigenvalue weighted by atomic mass is 16.5. The first kappa shape index (κ1) is 15.0. The van der Waals surface area contributed by atoms with Gasteiger partial charge < -0.3 is 10.1 Å². The molecular formula is C19H18N2O2. The topological polar surface area (TPSA) is 51.2 Å². The van der Waals surface area contributed by atoms with Crippen LogP contribution in [0, 0.1) is 6.92 Å². The van der Waals surface area contributed by atoms with Crippen LogP contribution >= 0.6 is 0 Å². The Morgan fingerprint density at radius 3 is 2.52 bits per heavy atom. The summed E-state index contributed by atoms with van der Waals surface area (Å²) in [7, 11) is 1.40. The Bertz CT molecular complexity index is 845. The highest BCUT2D eigenvalue weighted by Gasteiger charge is 2.16. The van der Waals surface area contributed by atoms with Crippen molar-refractivity contribution in [2.75, 3.05) is 12.4 Å². The van der Waals surface area contributed by atoms with Crippen LogP contribution in [0.5, 0.6) is 0 Å². The number of nitrogens with zero attached hydrogens (tertiary/aromatic N) is 1. The predicted molar refractivity (Wildman–Crippen MR) is 91.9 cm³/mol. The molecule has 0 saturated carbocycles. The van der Waals surface area contributed by atoms with Crippen LogP contribution in [-0.4, -0.2) is 18.1 Å². The fraction of sp³-hybridized carbons (Fsp3) is 0.158. The number of aryl methyl sites for hydroxylation is 1. The first-order valence-electron chi connectivity index (χ1n) is 7.46. The third-order valence-electron chi connectivity index (χ3n) is 3.79. The lowest BCUT2D eigenvalue weighted by Gasteiger charge is -2.16. The largest absolute Gasteiger partial charge is 0.469 e. The van der Waals surface area contributed by atoms with E-state index in [1.54, 1.807) is 0 Å². The van der Waals surface area contributed by atoms with E-state index in [1.165, 1.54) is 7.11 Å². The molecule has 2 aromatic carbocycles. The molecule has 1 N–H and O–H groups in total. The number of fused-ring (bicyclic) bond motifs is 1. The lowest BCUT2D eigenvalue weighted by molar-refractivity contribution is -0.139. The highest BCUT2D eigenvalue weighted by Crippen LogP contribution is 2.31. The minimum absolute atomic E-state index is 0.190. The van der Waals surface area contributed by atoms with E-state index in [1.807, 2.05) is 61.5 Å². The lowest BCUT2D eigenvalue weighted by atomic mass is 10.0. The lowest BCUT2D eigenvalue weighted by Crippen LogP contribution is -2.10. The molecule has 23 heavy (non-hydrogen) atoms. The van der Waals surface area contributed by atoms with Gasteiger partial charge in [0.25, 0.3) is 0 Å². The van der Waals surface area contributed by atoms with Gasteiger partial charge in [-0.25, -0.2) is 0 Å². The summed E-state index contributed by atoms with van der Waals surface area (Å²) in [6.45, 7) is 1.92. The number of pyridine rings is 1. The fourth-order valence-corrected chi connectivity index (χ4v) is 2.62. The highest BCUT2D eigenvalue weighted by molar-refractivity contribution is 5.96. The zero-order valence-corrected chi connectivity index (χ0v) is 13.2. The first-order chi connectivity index (χ1) is 11.2. The summed E-state index contributed by atoms with van der Waals surface area (Å²) < 4.78 is 4.83. The summed E-state index contributed by atoms with van der Waals surface area (Å²) in [5.74, 6) is -0.277. The minimum atomic E-state index is -0.277. The van der Waals surface area contributed by atoms with Gasteiger partial charge in [0.15, 0.2) is 0 Å². The summed E-state index contributed by atoms with van der Waals surface area (Å²) >= 11 is 0. The van der Waals surface area contributed by atoms with Crippen LogP contribution in [-0.2, 0) is 16.0 Å². The molecule has 0 fully saturated rings. The third kappa shape index (κ3) is 3.16. The van der Waals surface area contributed by atoms with Gasteiger partial charge in [0.1, 0.15) is 0 Å². The smallest absolute Gasteiger partial charge is 0.310 e. The number of anilines is 2. The van der Waals surface area contributed by atoms with Crippen molar-refractivity contribution in [2.24, 2.45) is 0 Å². The van der Waals surface area contributed by atoms with Crippen molar-refractivity contribution in [3.8, 4) is 0 Å². The maximum absolute atomic E-state index is 11.8. The molecule has 0 radical (unpaired) electrons. The number of esters is 1. The van der Waals surface area contributed by atoms with E-state index in [2.05, 4.69) is 10.3 Å². The average Bonchev–Trinajstić information content (AvgIpc) is 2.58. The zero-order valence-electron chi connectivity index (χ0n) is 13.2. The van der Waals surface area contributed by atoms with E-state index in [0.717, 1.165) is 33.5 Å². The van der Waals surface area contributed by atoms with Crippen molar-refractivity contribution >= 4 is 28.2 Å². The van der Waals surface area contributed by atoms with Crippen molar-refractivity contribution in [3.05, 3.63) is 65.9 Å². The second-order valence-electron chi connectivity index (χ2n) is 5.31. The van der Waals surface area contributed by atoms with E-state index >= 15 is 0 Å². The van der Waals surface area contributed by atoms with Gasteiger partial charge in [-0.1, -0.05) is 36.4 Å². The van der Waals surface area contributed by atoms with Crippen molar-refractivity contribution in [1.82, 2.24) is 4.98 Å². The molecule has 0 aliphatic rings.